The van der Waals surface area contributed by atoms with Crippen LogP contribution in [0.4, 0.5) is 0 Å². The summed E-state index contributed by atoms with van der Waals surface area (Å²) < 4.78 is 1.42. The monoisotopic (exact) mass is 436 g/mol. The molecule has 0 aliphatic heterocycles. The van der Waals surface area contributed by atoms with E-state index < -0.39 is 0 Å². The molecule has 146 valence electrons. The molecule has 0 aromatic heterocycles. The Morgan fingerprint density at radius 2 is 1.08 bits per heavy atom. The van der Waals surface area contributed by atoms with E-state index in [0.717, 1.165) is 0 Å². The molecule has 2 aliphatic rings. The molecule has 0 N–H and O–H groups in total. The number of rotatable bonds is 4. The quantitative estimate of drug-likeness (QED) is 0.451. The van der Waals surface area contributed by atoms with Crippen LogP contribution in [0.15, 0.2) is 9.37 Å². The van der Waals surface area contributed by atoms with Crippen molar-refractivity contribution >= 4 is 28.6 Å². The van der Waals surface area contributed by atoms with Gasteiger partial charge in [0.25, 0.3) is 0 Å². The third-order valence-corrected chi connectivity index (χ3v) is 9.33. The van der Waals surface area contributed by atoms with E-state index in [0.29, 0.717) is 0 Å². The van der Waals surface area contributed by atoms with Gasteiger partial charge in [-0.05, 0) is 82.4 Å². The van der Waals surface area contributed by atoms with Crippen molar-refractivity contribution in [1.82, 2.24) is 0 Å². The maximum atomic E-state index is 5.29. The minimum absolute atomic E-state index is 0.190. The van der Waals surface area contributed by atoms with E-state index >= 15 is 0 Å². The molecule has 0 atom stereocenters. The van der Waals surface area contributed by atoms with E-state index in [9.17, 15) is 0 Å². The predicted octanol–water partition coefficient (Wildman–Crippen LogP) is 8.22. The van der Waals surface area contributed by atoms with Gasteiger partial charge in [0, 0.05) is 9.37 Å². The molecule has 0 unspecified atom stereocenters. The van der Waals surface area contributed by atoms with Gasteiger partial charge in [-0.1, -0.05) is 71.3 Å². The van der Waals surface area contributed by atoms with Crippen molar-refractivity contribution in [2.24, 2.45) is 0 Å². The van der Waals surface area contributed by atoms with Crippen molar-refractivity contribution in [3.63, 3.8) is 0 Å². The number of hydrogen-bond donors (Lipinski definition) is 1. The third-order valence-electron chi connectivity index (χ3n) is 8.09. The van der Waals surface area contributed by atoms with E-state index in [1.54, 1.807) is 22.3 Å². The van der Waals surface area contributed by atoms with Gasteiger partial charge in [0.05, 0.1) is 0 Å². The van der Waals surface area contributed by atoms with Gasteiger partial charge in [-0.25, -0.2) is 0 Å². The Kier molecular flexibility index (Phi) is 5.01. The summed E-state index contributed by atoms with van der Waals surface area (Å²) in [4.78, 5) is 1.32. The topological polar surface area (TPSA) is 0 Å². The summed E-state index contributed by atoms with van der Waals surface area (Å²) in [5.74, 6) is 0. The highest BCUT2D eigenvalue weighted by Gasteiger charge is 2.54. The first kappa shape index (κ1) is 20.8. The Morgan fingerprint density at radius 1 is 0.692 bits per heavy atom. The van der Waals surface area contributed by atoms with Crippen LogP contribution in [-0.2, 0) is 21.7 Å². The molecule has 0 bridgehead atoms. The van der Waals surface area contributed by atoms with Crippen molar-refractivity contribution in [2.45, 2.75) is 120 Å². The van der Waals surface area contributed by atoms with Crippen molar-refractivity contribution in [1.29, 1.82) is 0 Å². The zero-order valence-corrected chi connectivity index (χ0v) is 20.5. The summed E-state index contributed by atoms with van der Waals surface area (Å²) in [5.41, 5.74) is 7.21. The van der Waals surface area contributed by atoms with Crippen LogP contribution in [0.1, 0.15) is 116 Å². The largest absolute Gasteiger partial charge is 0.143 e. The number of fused-ring (bicyclic) bond motifs is 2. The second-order valence-corrected chi connectivity index (χ2v) is 11.5. The zero-order chi connectivity index (χ0) is 19.7. The molecule has 1 aromatic rings. The Bertz CT molecular complexity index is 670. The van der Waals surface area contributed by atoms with E-state index in [-0.39, 0.29) is 21.7 Å². The molecule has 0 heterocycles. The van der Waals surface area contributed by atoms with Gasteiger partial charge >= 0.3 is 0 Å². The molecular formula is C24H37BrS. The maximum Gasteiger partial charge on any atom is 0.0257 e. The van der Waals surface area contributed by atoms with Gasteiger partial charge in [0.2, 0.25) is 0 Å². The molecule has 0 saturated carbocycles. The summed E-state index contributed by atoms with van der Waals surface area (Å²) in [6.45, 7) is 19.3. The van der Waals surface area contributed by atoms with Crippen LogP contribution < -0.4 is 0 Å². The van der Waals surface area contributed by atoms with Crippen LogP contribution in [0.5, 0.6) is 0 Å². The smallest absolute Gasteiger partial charge is 0.0257 e. The van der Waals surface area contributed by atoms with Crippen molar-refractivity contribution < 1.29 is 0 Å². The van der Waals surface area contributed by atoms with Gasteiger partial charge < -0.3 is 0 Å². The fourth-order valence-corrected chi connectivity index (χ4v) is 8.88. The number of halogens is 1. The normalized spacial score (nSPS) is 23.8. The van der Waals surface area contributed by atoms with Crippen molar-refractivity contribution in [3.05, 3.63) is 26.7 Å². The lowest BCUT2D eigenvalue weighted by molar-refractivity contribution is 0.319. The second kappa shape index (κ2) is 6.28. The molecule has 0 fully saturated rings. The predicted molar refractivity (Wildman–Crippen MR) is 121 cm³/mol. The Morgan fingerprint density at radius 3 is 1.50 bits per heavy atom. The Balaban J connectivity index is 2.49. The van der Waals surface area contributed by atoms with E-state index in [1.807, 2.05) is 0 Å². The number of thiol groups is 1. The lowest BCUT2D eigenvalue weighted by Crippen LogP contribution is -2.25. The highest BCUT2D eigenvalue weighted by atomic mass is 79.9. The number of hydrogen-bond acceptors (Lipinski definition) is 1. The van der Waals surface area contributed by atoms with Crippen LogP contribution in [0.25, 0.3) is 0 Å². The molecule has 2 aliphatic carbocycles. The van der Waals surface area contributed by atoms with Crippen molar-refractivity contribution in [3.8, 4) is 0 Å². The summed E-state index contributed by atoms with van der Waals surface area (Å²) in [5, 5.41) is 0. The highest BCUT2D eigenvalue weighted by molar-refractivity contribution is 9.10. The zero-order valence-electron chi connectivity index (χ0n) is 18.1. The van der Waals surface area contributed by atoms with E-state index in [4.69, 9.17) is 12.6 Å². The van der Waals surface area contributed by atoms with Crippen LogP contribution in [-0.4, -0.2) is 0 Å². The second-order valence-electron chi connectivity index (χ2n) is 10.3. The van der Waals surface area contributed by atoms with Gasteiger partial charge in [0.1, 0.15) is 0 Å². The van der Waals surface area contributed by atoms with Crippen LogP contribution >= 0.6 is 28.6 Å². The molecule has 0 nitrogen and oxygen atoms in total. The lowest BCUT2D eigenvalue weighted by atomic mass is 9.73. The average molecular weight is 438 g/mol. The lowest BCUT2D eigenvalue weighted by Gasteiger charge is -2.33. The van der Waals surface area contributed by atoms with Crippen molar-refractivity contribution in [2.75, 3.05) is 0 Å². The molecule has 0 spiro atoms. The molecule has 26 heavy (non-hydrogen) atoms. The summed E-state index contributed by atoms with van der Waals surface area (Å²) >= 11 is 9.46. The minimum Gasteiger partial charge on any atom is -0.143 e. The van der Waals surface area contributed by atoms with Gasteiger partial charge in [-0.15, -0.1) is 12.6 Å². The van der Waals surface area contributed by atoms with Crippen LogP contribution in [0, 0.1) is 0 Å². The SMILES string of the molecule is CCC1(CC)CC(C)(C)c2c(Br)c3c(c(S)c21)C(C)(C)CC3(CC)CC. The molecule has 3 rings (SSSR count). The summed E-state index contributed by atoms with van der Waals surface area (Å²) in [7, 11) is 0. The van der Waals surface area contributed by atoms with Crippen LogP contribution in [0.2, 0.25) is 0 Å². The van der Waals surface area contributed by atoms with Gasteiger partial charge in [0.15, 0.2) is 0 Å². The Labute approximate surface area is 175 Å². The molecule has 1 aromatic carbocycles. The van der Waals surface area contributed by atoms with E-state index in [2.05, 4.69) is 71.3 Å². The standard InChI is InChI=1S/C24H37BrS/c1-9-23(10-2)14-22(7,8)17-16(23)19(25)15-18(20(17)26)24(11-3,12-4)13-21(15,5)6/h26H,9-14H2,1-8H3. The number of benzene rings is 1. The van der Waals surface area contributed by atoms with E-state index in [1.165, 1.54) is 47.9 Å². The summed E-state index contributed by atoms with van der Waals surface area (Å²) in [6, 6.07) is 0. The molecule has 0 amide bonds. The average Bonchev–Trinajstić information content (AvgIpc) is 2.98. The molecule has 2 heteroatoms. The summed E-state index contributed by atoms with van der Waals surface area (Å²) in [6.07, 6.45) is 7.29. The molecule has 0 radical (unpaired) electrons. The molecular weight excluding hydrogens is 400 g/mol. The fourth-order valence-electron chi connectivity index (χ4n) is 6.77. The van der Waals surface area contributed by atoms with Gasteiger partial charge in [-0.2, -0.15) is 0 Å². The fraction of sp³-hybridized carbons (Fsp3) is 0.750. The highest BCUT2D eigenvalue weighted by Crippen LogP contribution is 2.64. The third kappa shape index (κ3) is 2.46. The minimum atomic E-state index is 0.190. The first-order valence-corrected chi connectivity index (χ1v) is 11.8. The Hall–Kier alpha value is 0.0500. The first-order chi connectivity index (χ1) is 12.0. The first-order valence-electron chi connectivity index (χ1n) is 10.6. The molecule has 0 saturated heterocycles. The van der Waals surface area contributed by atoms with Gasteiger partial charge in [-0.3, -0.25) is 0 Å². The van der Waals surface area contributed by atoms with Crippen LogP contribution in [0.3, 0.4) is 0 Å². The maximum absolute atomic E-state index is 5.29.